The van der Waals surface area contributed by atoms with Crippen molar-refractivity contribution in [2.45, 2.75) is 65.1 Å². The molecule has 0 fully saturated rings. The lowest BCUT2D eigenvalue weighted by atomic mass is 10.0. The van der Waals surface area contributed by atoms with E-state index in [1.54, 1.807) is 19.9 Å². The number of ketones is 1. The standard InChI is InChI=1S/C20H34N2O3/c1-15(23)17-14-16(6-7-18(17)21)8-11-22-12-9-20(4,5)25-13-10-19(2,3)24/h6-7,14,22,24H,8-13,21H2,1-5H3. The molecule has 0 bridgehead atoms. The van der Waals surface area contributed by atoms with Crippen molar-refractivity contribution in [3.63, 3.8) is 0 Å². The molecular weight excluding hydrogens is 316 g/mol. The van der Waals surface area contributed by atoms with E-state index < -0.39 is 5.60 Å². The van der Waals surface area contributed by atoms with Crippen LogP contribution < -0.4 is 11.1 Å². The van der Waals surface area contributed by atoms with Crippen LogP contribution in [0, 0.1) is 0 Å². The van der Waals surface area contributed by atoms with Crippen LogP contribution in [0.5, 0.6) is 0 Å². The van der Waals surface area contributed by atoms with Crippen molar-refractivity contribution in [1.82, 2.24) is 5.32 Å². The summed E-state index contributed by atoms with van der Waals surface area (Å²) in [6.45, 7) is 11.5. The summed E-state index contributed by atoms with van der Waals surface area (Å²) in [5.74, 6) is -0.00253. The van der Waals surface area contributed by atoms with Gasteiger partial charge in [0.2, 0.25) is 0 Å². The second-order valence-electron chi connectivity index (χ2n) is 7.90. The summed E-state index contributed by atoms with van der Waals surface area (Å²) < 4.78 is 5.87. The molecule has 0 atom stereocenters. The Hall–Kier alpha value is -1.43. The second-order valence-corrected chi connectivity index (χ2v) is 7.90. The van der Waals surface area contributed by atoms with E-state index in [1.165, 1.54) is 6.92 Å². The van der Waals surface area contributed by atoms with Crippen LogP contribution in [0.1, 0.15) is 63.4 Å². The number of benzene rings is 1. The highest BCUT2D eigenvalue weighted by atomic mass is 16.5. The minimum absolute atomic E-state index is 0.00253. The number of anilines is 1. The first-order chi connectivity index (χ1) is 11.5. The van der Waals surface area contributed by atoms with Gasteiger partial charge in [0.25, 0.3) is 0 Å². The van der Waals surface area contributed by atoms with Gasteiger partial charge in [-0.3, -0.25) is 4.79 Å². The number of Topliss-reactive ketones (excluding diaryl/α,β-unsaturated/α-hetero) is 1. The SMILES string of the molecule is CC(=O)c1cc(CCNCCC(C)(C)OCCC(C)(C)O)ccc1N. The highest BCUT2D eigenvalue weighted by molar-refractivity contribution is 5.99. The fraction of sp³-hybridized carbons (Fsp3) is 0.650. The summed E-state index contributed by atoms with van der Waals surface area (Å²) in [6.07, 6.45) is 2.36. The predicted octanol–water partition coefficient (Wildman–Crippen LogP) is 2.95. The zero-order chi connectivity index (χ0) is 19.1. The molecule has 0 spiro atoms. The summed E-state index contributed by atoms with van der Waals surface area (Å²) in [4.78, 5) is 11.5. The molecule has 0 unspecified atom stereocenters. The lowest BCUT2D eigenvalue weighted by Gasteiger charge is -2.27. The first-order valence-electron chi connectivity index (χ1n) is 8.97. The topological polar surface area (TPSA) is 84.6 Å². The first-order valence-corrected chi connectivity index (χ1v) is 8.97. The summed E-state index contributed by atoms with van der Waals surface area (Å²) in [5, 5.41) is 13.1. The van der Waals surface area contributed by atoms with Crippen molar-refractivity contribution in [2.75, 3.05) is 25.4 Å². The molecule has 1 rings (SSSR count). The fourth-order valence-electron chi connectivity index (χ4n) is 2.46. The van der Waals surface area contributed by atoms with Gasteiger partial charge in [-0.25, -0.2) is 0 Å². The minimum atomic E-state index is -0.688. The average Bonchev–Trinajstić information content (AvgIpc) is 2.46. The van der Waals surface area contributed by atoms with E-state index in [-0.39, 0.29) is 11.4 Å². The molecule has 0 saturated heterocycles. The van der Waals surface area contributed by atoms with Gasteiger partial charge in [0, 0.05) is 11.3 Å². The molecule has 0 radical (unpaired) electrons. The third-order valence-corrected chi connectivity index (χ3v) is 4.20. The van der Waals surface area contributed by atoms with Crippen LogP contribution in [-0.4, -0.2) is 41.8 Å². The molecule has 1 aromatic carbocycles. The summed E-state index contributed by atoms with van der Waals surface area (Å²) in [6, 6.07) is 5.64. The van der Waals surface area contributed by atoms with E-state index >= 15 is 0 Å². The number of ether oxygens (including phenoxy) is 1. The van der Waals surface area contributed by atoms with E-state index in [0.29, 0.717) is 24.3 Å². The summed E-state index contributed by atoms with van der Waals surface area (Å²) in [5.41, 5.74) is 7.14. The number of aliphatic hydroxyl groups is 1. The molecule has 0 aromatic heterocycles. The van der Waals surface area contributed by atoms with Crippen LogP contribution in [0.3, 0.4) is 0 Å². The number of hydrogen-bond acceptors (Lipinski definition) is 5. The molecule has 0 heterocycles. The molecule has 0 aliphatic heterocycles. The normalized spacial score (nSPS) is 12.4. The van der Waals surface area contributed by atoms with Crippen molar-refractivity contribution in [3.05, 3.63) is 29.3 Å². The van der Waals surface area contributed by atoms with Gasteiger partial charge in [0.1, 0.15) is 0 Å². The quantitative estimate of drug-likeness (QED) is 0.325. The molecule has 0 amide bonds. The van der Waals surface area contributed by atoms with Gasteiger partial charge in [0.15, 0.2) is 5.78 Å². The summed E-state index contributed by atoms with van der Waals surface area (Å²) >= 11 is 0. The Morgan fingerprint density at radius 3 is 2.48 bits per heavy atom. The molecule has 4 N–H and O–H groups in total. The van der Waals surface area contributed by atoms with Gasteiger partial charge >= 0.3 is 0 Å². The molecule has 0 aliphatic carbocycles. The van der Waals surface area contributed by atoms with Crippen LogP contribution in [0.25, 0.3) is 0 Å². The lowest BCUT2D eigenvalue weighted by Crippen LogP contribution is -2.32. The minimum Gasteiger partial charge on any atom is -0.398 e. The third-order valence-electron chi connectivity index (χ3n) is 4.20. The van der Waals surface area contributed by atoms with Crippen molar-refractivity contribution in [3.8, 4) is 0 Å². The number of carbonyl (C=O) groups is 1. The van der Waals surface area contributed by atoms with Crippen molar-refractivity contribution >= 4 is 11.5 Å². The molecular formula is C20H34N2O3. The molecule has 25 heavy (non-hydrogen) atoms. The first kappa shape index (κ1) is 21.6. The Morgan fingerprint density at radius 1 is 1.20 bits per heavy atom. The number of rotatable bonds is 11. The van der Waals surface area contributed by atoms with Gasteiger partial charge in [-0.1, -0.05) is 6.07 Å². The van der Waals surface area contributed by atoms with Gasteiger partial charge in [-0.15, -0.1) is 0 Å². The third kappa shape index (κ3) is 9.00. The monoisotopic (exact) mass is 350 g/mol. The zero-order valence-electron chi connectivity index (χ0n) is 16.3. The van der Waals surface area contributed by atoms with Gasteiger partial charge in [-0.2, -0.15) is 0 Å². The highest BCUT2D eigenvalue weighted by Crippen LogP contribution is 2.17. The van der Waals surface area contributed by atoms with E-state index in [2.05, 4.69) is 19.2 Å². The van der Waals surface area contributed by atoms with Crippen LogP contribution >= 0.6 is 0 Å². The fourth-order valence-corrected chi connectivity index (χ4v) is 2.46. The van der Waals surface area contributed by atoms with Gasteiger partial charge < -0.3 is 20.9 Å². The second kappa shape index (κ2) is 9.32. The van der Waals surface area contributed by atoms with Crippen molar-refractivity contribution < 1.29 is 14.6 Å². The van der Waals surface area contributed by atoms with Gasteiger partial charge in [0.05, 0.1) is 17.8 Å². The summed E-state index contributed by atoms with van der Waals surface area (Å²) in [7, 11) is 0. The van der Waals surface area contributed by atoms with E-state index in [4.69, 9.17) is 10.5 Å². The van der Waals surface area contributed by atoms with Crippen molar-refractivity contribution in [1.29, 1.82) is 0 Å². The Labute approximate surface area is 151 Å². The smallest absolute Gasteiger partial charge is 0.161 e. The predicted molar refractivity (Wildman–Crippen MR) is 103 cm³/mol. The molecule has 5 heteroatoms. The van der Waals surface area contributed by atoms with E-state index in [0.717, 1.165) is 31.5 Å². The number of nitrogens with one attached hydrogen (secondary N) is 1. The Bertz CT molecular complexity index is 563. The zero-order valence-corrected chi connectivity index (χ0v) is 16.3. The average molecular weight is 351 g/mol. The Balaban J connectivity index is 2.29. The van der Waals surface area contributed by atoms with E-state index in [9.17, 15) is 9.90 Å². The largest absolute Gasteiger partial charge is 0.398 e. The molecule has 1 aromatic rings. The molecule has 5 nitrogen and oxygen atoms in total. The maximum Gasteiger partial charge on any atom is 0.161 e. The van der Waals surface area contributed by atoms with Crippen LogP contribution in [-0.2, 0) is 11.2 Å². The van der Waals surface area contributed by atoms with E-state index in [1.807, 2.05) is 12.1 Å². The Kier molecular flexibility index (Phi) is 8.06. The highest BCUT2D eigenvalue weighted by Gasteiger charge is 2.20. The van der Waals surface area contributed by atoms with Crippen LogP contribution in [0.15, 0.2) is 18.2 Å². The van der Waals surface area contributed by atoms with Crippen LogP contribution in [0.2, 0.25) is 0 Å². The maximum atomic E-state index is 11.5. The van der Waals surface area contributed by atoms with Crippen LogP contribution in [0.4, 0.5) is 5.69 Å². The molecule has 142 valence electrons. The number of hydrogen-bond donors (Lipinski definition) is 3. The lowest BCUT2D eigenvalue weighted by molar-refractivity contribution is -0.0494. The number of nitrogens with two attached hydrogens (primary N) is 1. The number of nitrogen functional groups attached to an aromatic ring is 1. The van der Waals surface area contributed by atoms with Crippen molar-refractivity contribution in [2.24, 2.45) is 0 Å². The van der Waals surface area contributed by atoms with Gasteiger partial charge in [-0.05, 0) is 84.7 Å². The molecule has 0 saturated carbocycles. The Morgan fingerprint density at radius 2 is 1.88 bits per heavy atom. The number of carbonyl (C=O) groups excluding carboxylic acids is 1. The maximum absolute atomic E-state index is 11.5. The molecule has 0 aliphatic rings.